The Labute approximate surface area is 289 Å². The molecule has 18 heteroatoms. The Kier molecular flexibility index (Phi) is 21.7. The van der Waals surface area contributed by atoms with E-state index in [0.717, 1.165) is 32.1 Å². The number of hydrogen-bond donors (Lipinski definition) is 12. The summed E-state index contributed by atoms with van der Waals surface area (Å²) in [5.74, 6) is 0.0285. The third-order valence-corrected chi connectivity index (χ3v) is 8.81. The smallest absolute Gasteiger partial charge is 0.220 e. The van der Waals surface area contributed by atoms with Crippen molar-refractivity contribution in [2.24, 2.45) is 22.9 Å². The van der Waals surface area contributed by atoms with Gasteiger partial charge in [0, 0.05) is 64.5 Å². The molecule has 0 aromatic heterocycles. The van der Waals surface area contributed by atoms with Crippen molar-refractivity contribution < 1.29 is 59.1 Å². The highest BCUT2D eigenvalue weighted by atomic mass is 16.7. The van der Waals surface area contributed by atoms with Crippen LogP contribution in [0.5, 0.6) is 0 Å². The van der Waals surface area contributed by atoms with Gasteiger partial charge in [0.1, 0.15) is 12.2 Å². The first-order valence-electron chi connectivity index (χ1n) is 17.4. The van der Waals surface area contributed by atoms with E-state index in [2.05, 4.69) is 10.6 Å². The second-order valence-electron chi connectivity index (χ2n) is 13.1. The molecule has 290 valence electrons. The topological polar surface area (TPSA) is 313 Å². The van der Waals surface area contributed by atoms with E-state index in [0.29, 0.717) is 39.0 Å². The fourth-order valence-corrected chi connectivity index (χ4v) is 5.95. The van der Waals surface area contributed by atoms with Gasteiger partial charge in [0.2, 0.25) is 5.91 Å². The summed E-state index contributed by atoms with van der Waals surface area (Å²) in [5.41, 5.74) is 22.3. The average molecular weight is 713 g/mol. The van der Waals surface area contributed by atoms with Gasteiger partial charge >= 0.3 is 0 Å². The van der Waals surface area contributed by atoms with Gasteiger partial charge in [0.05, 0.1) is 62.5 Å². The van der Waals surface area contributed by atoms with E-state index in [-0.39, 0.29) is 81.4 Å². The number of rotatable bonds is 14. The van der Waals surface area contributed by atoms with Crippen molar-refractivity contribution in [2.45, 2.75) is 137 Å². The van der Waals surface area contributed by atoms with Gasteiger partial charge in [-0.1, -0.05) is 0 Å². The van der Waals surface area contributed by atoms with Gasteiger partial charge in [-0.15, -0.1) is 0 Å². The van der Waals surface area contributed by atoms with Crippen molar-refractivity contribution in [1.29, 1.82) is 0 Å². The van der Waals surface area contributed by atoms with E-state index in [9.17, 15) is 20.1 Å². The number of carbonyl (C=O) groups is 1. The molecule has 0 radical (unpaired) electrons. The van der Waals surface area contributed by atoms with Crippen LogP contribution >= 0.6 is 0 Å². The first-order chi connectivity index (χ1) is 23.4. The Hall–Kier alpha value is -1.17. The van der Waals surface area contributed by atoms with Gasteiger partial charge in [-0.05, 0) is 38.6 Å². The average Bonchev–Trinajstić information content (AvgIpc) is 3.54. The summed E-state index contributed by atoms with van der Waals surface area (Å²) in [6.07, 6.45) is 1.18. The highest BCUT2D eigenvalue weighted by Crippen LogP contribution is 2.27. The number of carbonyl (C=O) groups excluding carboxylic acids is 1. The van der Waals surface area contributed by atoms with Crippen LogP contribution in [0, 0.1) is 0 Å². The van der Waals surface area contributed by atoms with Crippen LogP contribution in [0.25, 0.3) is 0 Å². The third-order valence-electron chi connectivity index (χ3n) is 8.81. The summed E-state index contributed by atoms with van der Waals surface area (Å²) in [4.78, 5) is 11.8. The summed E-state index contributed by atoms with van der Waals surface area (Å²) in [7, 11) is 1.47. The normalized spacial score (nSPS) is 36.9. The molecule has 18 nitrogen and oxygen atoms in total. The number of methoxy groups -OCH3 is 1. The lowest BCUT2D eigenvalue weighted by Gasteiger charge is -2.36. The number of hydrogen-bond acceptors (Lipinski definition) is 17. The van der Waals surface area contributed by atoms with Crippen LogP contribution in [0.4, 0.5) is 0 Å². The summed E-state index contributed by atoms with van der Waals surface area (Å²) < 4.78 is 27.1. The molecule has 3 aliphatic heterocycles. The van der Waals surface area contributed by atoms with Crippen LogP contribution in [0.2, 0.25) is 0 Å². The minimum absolute atomic E-state index is 0.00481. The van der Waals surface area contributed by atoms with Crippen molar-refractivity contribution in [3.63, 3.8) is 0 Å². The quantitative estimate of drug-likeness (QED) is 0.0807. The molecule has 0 spiro atoms. The fraction of sp³-hybridized carbons (Fsp3) is 0.968. The number of nitrogens with two attached hydrogens (primary N) is 4. The first kappa shape index (κ1) is 44.0. The number of aliphatic hydroxyl groups excluding tert-OH is 6. The third kappa shape index (κ3) is 16.8. The second-order valence-corrected chi connectivity index (χ2v) is 13.1. The summed E-state index contributed by atoms with van der Waals surface area (Å²) in [5, 5.41) is 61.2. The zero-order valence-electron chi connectivity index (χ0n) is 28.8. The first-order valence-corrected chi connectivity index (χ1v) is 17.4. The van der Waals surface area contributed by atoms with Crippen LogP contribution in [-0.4, -0.2) is 169 Å². The van der Waals surface area contributed by atoms with Crippen molar-refractivity contribution >= 4 is 5.91 Å². The number of ether oxygens (including phenoxy) is 5. The predicted octanol–water partition coefficient (Wildman–Crippen LogP) is -4.56. The molecule has 0 aromatic carbocycles. The van der Waals surface area contributed by atoms with Crippen molar-refractivity contribution in [3.05, 3.63) is 0 Å². The van der Waals surface area contributed by atoms with E-state index in [4.69, 9.17) is 61.9 Å². The summed E-state index contributed by atoms with van der Waals surface area (Å²) in [6.45, 7) is 1.56. The van der Waals surface area contributed by atoms with Gasteiger partial charge in [-0.3, -0.25) is 4.79 Å². The molecule has 4 aliphatic rings. The molecular weight excluding hydrogens is 648 g/mol. The molecular formula is C31H64N6O12. The van der Waals surface area contributed by atoms with E-state index in [1.165, 1.54) is 7.11 Å². The number of aliphatic hydroxyl groups is 6. The fourth-order valence-electron chi connectivity index (χ4n) is 5.95. The Morgan fingerprint density at radius 2 is 1.71 bits per heavy atom. The van der Waals surface area contributed by atoms with Gasteiger partial charge in [0.15, 0.2) is 12.6 Å². The largest absolute Gasteiger partial charge is 0.394 e. The number of nitrogens with one attached hydrogen (secondary N) is 2. The maximum atomic E-state index is 11.8. The van der Waals surface area contributed by atoms with Gasteiger partial charge < -0.3 is 87.9 Å². The van der Waals surface area contributed by atoms with Crippen LogP contribution in [0.1, 0.15) is 57.8 Å². The maximum absolute atomic E-state index is 11.8. The molecule has 4 rings (SSSR count). The lowest BCUT2D eigenvalue weighted by Crippen LogP contribution is -2.53. The standard InChI is InChI=1S/C15H29N3O4.C10H21NO6.C6H14N2O2/c16-5-1-2-14(20)18-11-6-10(17)7-13(8-11)22-15-4-3-12(9-19)21-15;1-16-9-2-7(14)10(15)8(17-9)4-11-3-6(13)5-12;7-2-4-1-6(9)5(8)3-10-4/h10-13,15,19H,1-9,16-17H2,(H,18,20);6-15H,2-5H2,1H3;4-6,9H,1-3,7-8H2/t;6?,7?,8?,9-,10-;4-,5+,6?/m.01/s1. The molecule has 3 heterocycles. The summed E-state index contributed by atoms with van der Waals surface area (Å²) in [6, 6.07) is -0.162. The van der Waals surface area contributed by atoms with Gasteiger partial charge in [0.25, 0.3) is 0 Å². The molecule has 4 fully saturated rings. The van der Waals surface area contributed by atoms with Crippen LogP contribution in [0.3, 0.4) is 0 Å². The monoisotopic (exact) mass is 712 g/mol. The van der Waals surface area contributed by atoms with Crippen molar-refractivity contribution in [2.75, 3.05) is 53.1 Å². The molecule has 9 unspecified atom stereocenters. The number of amides is 1. The Balaban J connectivity index is 0.000000273. The zero-order valence-corrected chi connectivity index (χ0v) is 28.8. The van der Waals surface area contributed by atoms with E-state index in [1.54, 1.807) is 0 Å². The van der Waals surface area contributed by atoms with E-state index < -0.39 is 36.8 Å². The highest BCUT2D eigenvalue weighted by Gasteiger charge is 2.37. The zero-order chi connectivity index (χ0) is 36.3. The molecule has 0 aromatic rings. The lowest BCUT2D eigenvalue weighted by molar-refractivity contribution is -0.240. The van der Waals surface area contributed by atoms with Crippen molar-refractivity contribution in [3.8, 4) is 0 Å². The minimum Gasteiger partial charge on any atom is -0.394 e. The maximum Gasteiger partial charge on any atom is 0.220 e. The molecule has 0 bridgehead atoms. The Morgan fingerprint density at radius 1 is 0.959 bits per heavy atom. The Bertz CT molecular complexity index is 887. The van der Waals surface area contributed by atoms with E-state index >= 15 is 0 Å². The van der Waals surface area contributed by atoms with E-state index in [1.807, 2.05) is 0 Å². The molecule has 16 N–H and O–H groups in total. The molecule has 1 amide bonds. The van der Waals surface area contributed by atoms with Crippen LogP contribution in [0.15, 0.2) is 0 Å². The molecule has 1 aliphatic carbocycles. The molecule has 1 saturated carbocycles. The summed E-state index contributed by atoms with van der Waals surface area (Å²) >= 11 is 0. The highest BCUT2D eigenvalue weighted by molar-refractivity contribution is 5.76. The molecule has 13 atom stereocenters. The SMILES string of the molecule is CO[C@@H]1CC(O)[C@H](O)C(CNCC(O)CO)O1.NCCCC(=O)NC1CC(N)CC(OC2CCC(CO)O2)C1.NC[C@H]1CC(O)[C@@H](N)CO1. The lowest BCUT2D eigenvalue weighted by atomic mass is 9.89. The second kappa shape index (κ2) is 24.1. The van der Waals surface area contributed by atoms with Crippen molar-refractivity contribution in [1.82, 2.24) is 10.6 Å². The van der Waals surface area contributed by atoms with Crippen LogP contribution in [-0.2, 0) is 28.5 Å². The van der Waals surface area contributed by atoms with Gasteiger partial charge in [-0.2, -0.15) is 0 Å². The molecule has 49 heavy (non-hydrogen) atoms. The molecule has 3 saturated heterocycles. The van der Waals surface area contributed by atoms with Crippen LogP contribution < -0.4 is 33.6 Å². The predicted molar refractivity (Wildman–Crippen MR) is 178 cm³/mol. The minimum atomic E-state index is -0.986. The van der Waals surface area contributed by atoms with Gasteiger partial charge in [-0.25, -0.2) is 0 Å². The Morgan fingerprint density at radius 3 is 2.33 bits per heavy atom.